The Hall–Kier alpha value is -1.30. The minimum absolute atomic E-state index is 0.0864. The predicted octanol–water partition coefficient (Wildman–Crippen LogP) is 2.71. The number of thiazole rings is 1. The highest BCUT2D eigenvalue weighted by molar-refractivity contribution is 7.18. The number of hydrogen-bond acceptors (Lipinski definition) is 5. The van der Waals surface area contributed by atoms with E-state index in [1.54, 1.807) is 0 Å². The summed E-state index contributed by atoms with van der Waals surface area (Å²) in [5.74, 6) is 1.46. The molecule has 1 aromatic rings. The second kappa shape index (κ2) is 6.43. The number of nitrogen functional groups attached to an aromatic ring is 1. The van der Waals surface area contributed by atoms with E-state index in [0.717, 1.165) is 24.5 Å². The summed E-state index contributed by atoms with van der Waals surface area (Å²) in [5, 5.41) is 7.00. The molecule has 1 aliphatic carbocycles. The van der Waals surface area contributed by atoms with Crippen LogP contribution in [0.2, 0.25) is 0 Å². The molecule has 1 heterocycles. The van der Waals surface area contributed by atoms with Gasteiger partial charge in [0.2, 0.25) is 0 Å². The minimum Gasteiger partial charge on any atom is -0.382 e. The number of nitrogens with zero attached hydrogens (tertiary/aromatic N) is 1. The largest absolute Gasteiger partial charge is 0.382 e. The van der Waals surface area contributed by atoms with E-state index < -0.39 is 0 Å². The SMILES string of the molecule is CC(C)CNc1nc(N)c(C(=O)NC2CCC(C)C2)s1. The van der Waals surface area contributed by atoms with Gasteiger partial charge in [-0.1, -0.05) is 32.1 Å². The number of aromatic nitrogens is 1. The number of carbonyl (C=O) groups is 1. The quantitative estimate of drug-likeness (QED) is 0.780. The second-order valence-electron chi connectivity index (χ2n) is 6.10. The molecule has 0 bridgehead atoms. The second-order valence-corrected chi connectivity index (χ2v) is 7.10. The third kappa shape index (κ3) is 3.85. The van der Waals surface area contributed by atoms with E-state index in [-0.39, 0.29) is 11.9 Å². The van der Waals surface area contributed by atoms with Crippen LogP contribution in [-0.2, 0) is 0 Å². The molecule has 4 N–H and O–H groups in total. The van der Waals surface area contributed by atoms with Crippen LogP contribution in [0.25, 0.3) is 0 Å². The van der Waals surface area contributed by atoms with Crippen molar-refractivity contribution >= 4 is 28.2 Å². The molecule has 5 nitrogen and oxygen atoms in total. The number of hydrogen-bond donors (Lipinski definition) is 3. The summed E-state index contributed by atoms with van der Waals surface area (Å²) in [5.41, 5.74) is 5.85. The first-order chi connectivity index (χ1) is 9.45. The smallest absolute Gasteiger partial charge is 0.265 e. The molecular weight excluding hydrogens is 272 g/mol. The van der Waals surface area contributed by atoms with Crippen molar-refractivity contribution < 1.29 is 4.79 Å². The molecule has 2 atom stereocenters. The Morgan fingerprint density at radius 3 is 2.85 bits per heavy atom. The van der Waals surface area contributed by atoms with Gasteiger partial charge in [0.15, 0.2) is 5.13 Å². The summed E-state index contributed by atoms with van der Waals surface area (Å²) in [6.45, 7) is 7.30. The van der Waals surface area contributed by atoms with Gasteiger partial charge in [0.25, 0.3) is 5.91 Å². The van der Waals surface area contributed by atoms with E-state index in [1.165, 1.54) is 17.8 Å². The fraction of sp³-hybridized carbons (Fsp3) is 0.714. The molecule has 2 rings (SSSR count). The average molecular weight is 296 g/mol. The van der Waals surface area contributed by atoms with Crippen molar-refractivity contribution in [3.63, 3.8) is 0 Å². The first-order valence-corrected chi connectivity index (χ1v) is 8.08. The molecule has 0 aliphatic heterocycles. The van der Waals surface area contributed by atoms with Crippen LogP contribution in [0.5, 0.6) is 0 Å². The van der Waals surface area contributed by atoms with E-state index >= 15 is 0 Å². The Bertz CT molecular complexity index is 472. The molecule has 112 valence electrons. The van der Waals surface area contributed by atoms with Crippen LogP contribution in [0.15, 0.2) is 0 Å². The number of amides is 1. The third-order valence-corrected chi connectivity index (χ3v) is 4.58. The highest BCUT2D eigenvalue weighted by Gasteiger charge is 2.25. The summed E-state index contributed by atoms with van der Waals surface area (Å²) in [6.07, 6.45) is 3.30. The molecule has 1 aromatic heterocycles. The molecule has 2 unspecified atom stereocenters. The van der Waals surface area contributed by atoms with Gasteiger partial charge >= 0.3 is 0 Å². The molecule has 0 saturated heterocycles. The molecule has 6 heteroatoms. The fourth-order valence-corrected chi connectivity index (χ4v) is 3.25. The summed E-state index contributed by atoms with van der Waals surface area (Å²) >= 11 is 1.33. The molecule has 0 aromatic carbocycles. The summed E-state index contributed by atoms with van der Waals surface area (Å²) in [6, 6.07) is 0.283. The Morgan fingerprint density at radius 2 is 2.25 bits per heavy atom. The molecule has 1 saturated carbocycles. The predicted molar refractivity (Wildman–Crippen MR) is 84.1 cm³/mol. The molecule has 20 heavy (non-hydrogen) atoms. The number of carbonyl (C=O) groups excluding carboxylic acids is 1. The van der Waals surface area contributed by atoms with Gasteiger partial charge in [-0.2, -0.15) is 0 Å². The number of nitrogens with two attached hydrogens (primary N) is 1. The van der Waals surface area contributed by atoms with Crippen LogP contribution in [0.4, 0.5) is 10.9 Å². The van der Waals surface area contributed by atoms with Gasteiger partial charge in [-0.05, 0) is 31.1 Å². The Balaban J connectivity index is 1.95. The highest BCUT2D eigenvalue weighted by Crippen LogP contribution is 2.28. The normalized spacial score (nSPS) is 22.2. The van der Waals surface area contributed by atoms with Crippen LogP contribution in [-0.4, -0.2) is 23.5 Å². The van der Waals surface area contributed by atoms with Crippen molar-refractivity contribution in [1.82, 2.24) is 10.3 Å². The van der Waals surface area contributed by atoms with Crippen LogP contribution in [0, 0.1) is 11.8 Å². The van der Waals surface area contributed by atoms with Crippen molar-refractivity contribution in [3.8, 4) is 0 Å². The topological polar surface area (TPSA) is 80.0 Å². The zero-order valence-corrected chi connectivity index (χ0v) is 13.2. The minimum atomic E-state index is -0.0864. The fourth-order valence-electron chi connectivity index (χ4n) is 2.45. The highest BCUT2D eigenvalue weighted by atomic mass is 32.1. The van der Waals surface area contributed by atoms with Gasteiger partial charge in [0.1, 0.15) is 10.7 Å². The summed E-state index contributed by atoms with van der Waals surface area (Å²) < 4.78 is 0. The number of anilines is 2. The first-order valence-electron chi connectivity index (χ1n) is 7.26. The zero-order valence-electron chi connectivity index (χ0n) is 12.4. The maximum Gasteiger partial charge on any atom is 0.265 e. The van der Waals surface area contributed by atoms with E-state index in [9.17, 15) is 4.79 Å². The molecular formula is C14H24N4OS. The third-order valence-electron chi connectivity index (χ3n) is 3.55. The van der Waals surface area contributed by atoms with Gasteiger partial charge in [0, 0.05) is 12.6 Å². The van der Waals surface area contributed by atoms with Crippen molar-refractivity contribution in [3.05, 3.63) is 4.88 Å². The molecule has 1 fully saturated rings. The first kappa shape index (κ1) is 15.1. The maximum atomic E-state index is 12.2. The van der Waals surface area contributed by atoms with Crippen LogP contribution < -0.4 is 16.4 Å². The molecule has 0 radical (unpaired) electrons. The lowest BCUT2D eigenvalue weighted by atomic mass is 10.1. The monoisotopic (exact) mass is 296 g/mol. The maximum absolute atomic E-state index is 12.2. The number of nitrogens with one attached hydrogen (secondary N) is 2. The van der Waals surface area contributed by atoms with Crippen molar-refractivity contribution in [2.75, 3.05) is 17.6 Å². The van der Waals surface area contributed by atoms with Crippen LogP contribution in [0.1, 0.15) is 49.7 Å². The van der Waals surface area contributed by atoms with E-state index in [2.05, 4.69) is 36.4 Å². The van der Waals surface area contributed by atoms with Crippen molar-refractivity contribution in [2.24, 2.45) is 11.8 Å². The number of rotatable bonds is 5. The van der Waals surface area contributed by atoms with E-state index in [1.807, 2.05) is 0 Å². The lowest BCUT2D eigenvalue weighted by molar-refractivity contribution is 0.0942. The van der Waals surface area contributed by atoms with Crippen LogP contribution >= 0.6 is 11.3 Å². The van der Waals surface area contributed by atoms with Gasteiger partial charge in [-0.3, -0.25) is 4.79 Å². The zero-order chi connectivity index (χ0) is 14.7. The van der Waals surface area contributed by atoms with Gasteiger partial charge in [-0.25, -0.2) is 4.98 Å². The Kier molecular flexibility index (Phi) is 4.86. The Labute approximate surface area is 124 Å². The lowest BCUT2D eigenvalue weighted by Crippen LogP contribution is -2.32. The van der Waals surface area contributed by atoms with Gasteiger partial charge in [0.05, 0.1) is 0 Å². The molecule has 1 aliphatic rings. The Morgan fingerprint density at radius 1 is 1.50 bits per heavy atom. The van der Waals surface area contributed by atoms with Crippen LogP contribution in [0.3, 0.4) is 0 Å². The average Bonchev–Trinajstić information content (AvgIpc) is 2.93. The van der Waals surface area contributed by atoms with E-state index in [4.69, 9.17) is 5.73 Å². The lowest BCUT2D eigenvalue weighted by Gasteiger charge is -2.11. The summed E-state index contributed by atoms with van der Waals surface area (Å²) in [4.78, 5) is 17.0. The van der Waals surface area contributed by atoms with Crippen molar-refractivity contribution in [1.29, 1.82) is 0 Å². The van der Waals surface area contributed by atoms with Crippen molar-refractivity contribution in [2.45, 2.75) is 46.1 Å². The standard InChI is InChI=1S/C14H24N4OS/c1-8(2)7-16-14-18-12(15)11(20-14)13(19)17-10-5-4-9(3)6-10/h8-10H,4-7,15H2,1-3H3,(H,16,18)(H,17,19). The molecule has 0 spiro atoms. The van der Waals surface area contributed by atoms with Gasteiger partial charge in [-0.15, -0.1) is 0 Å². The van der Waals surface area contributed by atoms with E-state index in [0.29, 0.717) is 22.5 Å². The van der Waals surface area contributed by atoms with Gasteiger partial charge < -0.3 is 16.4 Å². The molecule has 1 amide bonds. The summed E-state index contributed by atoms with van der Waals surface area (Å²) in [7, 11) is 0.